The van der Waals surface area contributed by atoms with Crippen LogP contribution < -0.4 is 10.9 Å². The first-order chi connectivity index (χ1) is 10.6. The largest absolute Gasteiger partial charge is 0.417 e. The molecule has 1 amide bonds. The number of pyridine rings is 1. The van der Waals surface area contributed by atoms with Gasteiger partial charge >= 0.3 is 6.18 Å². The van der Waals surface area contributed by atoms with Gasteiger partial charge in [-0.25, -0.2) is 0 Å². The summed E-state index contributed by atoms with van der Waals surface area (Å²) in [5, 5.41) is 2.71. The predicted molar refractivity (Wildman–Crippen MR) is 82.0 cm³/mol. The summed E-state index contributed by atoms with van der Waals surface area (Å²) in [6, 6.07) is 1.45. The molecule has 0 fully saturated rings. The van der Waals surface area contributed by atoms with E-state index in [4.69, 9.17) is 0 Å². The van der Waals surface area contributed by atoms with Gasteiger partial charge in [0.05, 0.1) is 5.56 Å². The minimum Gasteiger partial charge on any atom is -0.352 e. The highest BCUT2D eigenvalue weighted by atomic mass is 19.4. The zero-order valence-electron chi connectivity index (χ0n) is 13.6. The van der Waals surface area contributed by atoms with E-state index < -0.39 is 29.8 Å². The monoisotopic (exact) mass is 332 g/mol. The smallest absolute Gasteiger partial charge is 0.352 e. The first kappa shape index (κ1) is 19.3. The first-order valence-corrected chi connectivity index (χ1v) is 7.66. The predicted octanol–water partition coefficient (Wildman–Crippen LogP) is 3.20. The normalized spacial score (nSPS) is 13.2. The van der Waals surface area contributed by atoms with Crippen molar-refractivity contribution in [1.82, 2.24) is 9.88 Å². The van der Waals surface area contributed by atoms with Crippen LogP contribution in [0.4, 0.5) is 13.2 Å². The van der Waals surface area contributed by atoms with E-state index in [2.05, 4.69) is 19.2 Å². The molecule has 0 aliphatic carbocycles. The Morgan fingerprint density at radius 2 is 1.87 bits per heavy atom. The Kier molecular flexibility index (Phi) is 6.84. The second-order valence-corrected chi connectivity index (χ2v) is 6.17. The van der Waals surface area contributed by atoms with Crippen molar-refractivity contribution in [2.45, 2.75) is 58.8 Å². The van der Waals surface area contributed by atoms with Crippen LogP contribution in [0.25, 0.3) is 0 Å². The van der Waals surface area contributed by atoms with Crippen LogP contribution in [0.15, 0.2) is 23.1 Å². The third-order valence-corrected chi connectivity index (χ3v) is 3.45. The van der Waals surface area contributed by atoms with Crippen molar-refractivity contribution in [2.75, 3.05) is 0 Å². The molecule has 0 aliphatic heterocycles. The maximum absolute atomic E-state index is 12.6. The summed E-state index contributed by atoms with van der Waals surface area (Å²) in [6.45, 7) is 5.65. The van der Waals surface area contributed by atoms with Gasteiger partial charge in [-0.1, -0.05) is 26.7 Å². The molecule has 0 saturated heterocycles. The van der Waals surface area contributed by atoms with Crippen LogP contribution in [0.3, 0.4) is 0 Å². The zero-order chi connectivity index (χ0) is 17.6. The van der Waals surface area contributed by atoms with Gasteiger partial charge in [0.15, 0.2) is 0 Å². The molecule has 7 heteroatoms. The summed E-state index contributed by atoms with van der Waals surface area (Å²) in [5.41, 5.74) is -1.59. The molecule has 1 atom stereocenters. The van der Waals surface area contributed by atoms with Gasteiger partial charge in [0.25, 0.3) is 5.56 Å². The minimum atomic E-state index is -4.55. The molecular weight excluding hydrogens is 309 g/mol. The summed E-state index contributed by atoms with van der Waals surface area (Å²) >= 11 is 0. The van der Waals surface area contributed by atoms with Crippen LogP contribution in [-0.2, 0) is 17.5 Å². The third kappa shape index (κ3) is 6.88. The maximum atomic E-state index is 12.6. The molecule has 1 heterocycles. The Balaban J connectivity index is 2.62. The average molecular weight is 332 g/mol. The van der Waals surface area contributed by atoms with Gasteiger partial charge in [0.1, 0.15) is 6.54 Å². The lowest BCUT2D eigenvalue weighted by atomic mass is 10.0. The van der Waals surface area contributed by atoms with Gasteiger partial charge in [-0.3, -0.25) is 9.59 Å². The van der Waals surface area contributed by atoms with Crippen molar-refractivity contribution in [1.29, 1.82) is 0 Å². The quantitative estimate of drug-likeness (QED) is 0.834. The number of alkyl halides is 3. The lowest BCUT2D eigenvalue weighted by Gasteiger charge is -2.15. The zero-order valence-corrected chi connectivity index (χ0v) is 13.6. The molecule has 0 aliphatic rings. The fourth-order valence-corrected chi connectivity index (χ4v) is 2.20. The Morgan fingerprint density at radius 3 is 2.43 bits per heavy atom. The molecule has 0 aromatic carbocycles. The molecule has 1 unspecified atom stereocenters. The molecule has 1 rings (SSSR count). The number of halogens is 3. The molecule has 4 nitrogen and oxygen atoms in total. The number of nitrogens with one attached hydrogen (secondary N) is 1. The van der Waals surface area contributed by atoms with Crippen LogP contribution in [0.2, 0.25) is 0 Å². The average Bonchev–Trinajstić information content (AvgIpc) is 2.39. The molecule has 0 saturated carbocycles. The van der Waals surface area contributed by atoms with Crippen LogP contribution in [-0.4, -0.2) is 16.5 Å². The maximum Gasteiger partial charge on any atom is 0.417 e. The number of rotatable bonds is 7. The van der Waals surface area contributed by atoms with E-state index in [1.807, 2.05) is 6.92 Å². The molecule has 23 heavy (non-hydrogen) atoms. The van der Waals surface area contributed by atoms with Crippen molar-refractivity contribution in [3.63, 3.8) is 0 Å². The van der Waals surface area contributed by atoms with Crippen LogP contribution in [0, 0.1) is 5.92 Å². The van der Waals surface area contributed by atoms with Crippen LogP contribution in [0.5, 0.6) is 0 Å². The van der Waals surface area contributed by atoms with Crippen molar-refractivity contribution in [3.05, 3.63) is 34.2 Å². The summed E-state index contributed by atoms with van der Waals surface area (Å²) in [6.07, 6.45) is -1.07. The standard InChI is InChI=1S/C16H23F3N2O2/c1-11(2)5-4-6-12(3)20-14(22)10-21-9-13(16(17,18)19)7-8-15(21)23/h7-9,11-12H,4-6,10H2,1-3H3,(H,20,22). The Hall–Kier alpha value is -1.79. The van der Waals surface area contributed by atoms with E-state index in [-0.39, 0.29) is 6.04 Å². The number of nitrogens with zero attached hydrogens (tertiary/aromatic N) is 1. The van der Waals surface area contributed by atoms with Gasteiger partial charge < -0.3 is 9.88 Å². The second kappa shape index (κ2) is 8.17. The Morgan fingerprint density at radius 1 is 1.22 bits per heavy atom. The summed E-state index contributed by atoms with van der Waals surface area (Å²) in [4.78, 5) is 23.5. The lowest BCUT2D eigenvalue weighted by molar-refractivity contribution is -0.138. The van der Waals surface area contributed by atoms with Crippen LogP contribution in [0.1, 0.15) is 45.6 Å². The number of aromatic nitrogens is 1. The fraction of sp³-hybridized carbons (Fsp3) is 0.625. The highest BCUT2D eigenvalue weighted by molar-refractivity contribution is 5.76. The fourth-order valence-electron chi connectivity index (χ4n) is 2.20. The molecule has 1 aromatic heterocycles. The molecule has 0 radical (unpaired) electrons. The minimum absolute atomic E-state index is 0.0808. The van der Waals surface area contributed by atoms with Gasteiger partial charge in [-0.15, -0.1) is 0 Å². The number of carbonyl (C=O) groups is 1. The molecule has 0 spiro atoms. The van der Waals surface area contributed by atoms with E-state index in [9.17, 15) is 22.8 Å². The topological polar surface area (TPSA) is 51.1 Å². The number of carbonyl (C=O) groups excluding carboxylic acids is 1. The van der Waals surface area contributed by atoms with Gasteiger partial charge in [-0.05, 0) is 25.3 Å². The molecule has 130 valence electrons. The van der Waals surface area contributed by atoms with Crippen molar-refractivity contribution < 1.29 is 18.0 Å². The lowest BCUT2D eigenvalue weighted by Crippen LogP contribution is -2.37. The van der Waals surface area contributed by atoms with Gasteiger partial charge in [0, 0.05) is 18.3 Å². The van der Waals surface area contributed by atoms with Gasteiger partial charge in [0.2, 0.25) is 5.91 Å². The van der Waals surface area contributed by atoms with Crippen LogP contribution >= 0.6 is 0 Å². The van der Waals surface area contributed by atoms with E-state index >= 15 is 0 Å². The highest BCUT2D eigenvalue weighted by Crippen LogP contribution is 2.27. The third-order valence-electron chi connectivity index (χ3n) is 3.45. The Bertz CT molecular complexity index is 579. The second-order valence-electron chi connectivity index (χ2n) is 6.17. The van der Waals surface area contributed by atoms with E-state index in [0.29, 0.717) is 18.2 Å². The molecule has 1 N–H and O–H groups in total. The Labute approximate surface area is 133 Å². The number of amides is 1. The first-order valence-electron chi connectivity index (χ1n) is 7.66. The van der Waals surface area contributed by atoms with E-state index in [1.54, 1.807) is 0 Å². The number of hydrogen-bond acceptors (Lipinski definition) is 2. The van der Waals surface area contributed by atoms with E-state index in [0.717, 1.165) is 29.9 Å². The highest BCUT2D eigenvalue weighted by Gasteiger charge is 2.31. The van der Waals surface area contributed by atoms with Crippen molar-refractivity contribution in [2.24, 2.45) is 5.92 Å². The van der Waals surface area contributed by atoms with Crippen molar-refractivity contribution in [3.8, 4) is 0 Å². The van der Waals surface area contributed by atoms with Gasteiger partial charge in [-0.2, -0.15) is 13.2 Å². The molecule has 0 bridgehead atoms. The molecular formula is C16H23F3N2O2. The summed E-state index contributed by atoms with van der Waals surface area (Å²) < 4.78 is 38.7. The van der Waals surface area contributed by atoms with E-state index in [1.165, 1.54) is 0 Å². The summed E-state index contributed by atoms with van der Waals surface area (Å²) in [5.74, 6) is 0.116. The van der Waals surface area contributed by atoms with Crippen molar-refractivity contribution >= 4 is 5.91 Å². The number of hydrogen-bond donors (Lipinski definition) is 1. The SMILES string of the molecule is CC(C)CCCC(C)NC(=O)Cn1cc(C(F)(F)F)ccc1=O. The summed E-state index contributed by atoms with van der Waals surface area (Å²) in [7, 11) is 0. The molecule has 1 aromatic rings.